The summed E-state index contributed by atoms with van der Waals surface area (Å²) in [7, 11) is 0. The summed E-state index contributed by atoms with van der Waals surface area (Å²) in [6, 6.07) is 12.2. The summed E-state index contributed by atoms with van der Waals surface area (Å²) in [6.45, 7) is 5.83. The number of halogens is 1. The van der Waals surface area contributed by atoms with Crippen LogP contribution in [0.4, 0.5) is 10.1 Å². The fraction of sp³-hybridized carbons (Fsp3) is 0.300. The van der Waals surface area contributed by atoms with Crippen molar-refractivity contribution in [2.45, 2.75) is 33.7 Å². The average Bonchev–Trinajstić information content (AvgIpc) is 2.55. The number of benzene rings is 2. The number of rotatable bonds is 6. The maximum atomic E-state index is 13.6. The van der Waals surface area contributed by atoms with Gasteiger partial charge in [-0.25, -0.2) is 4.39 Å². The highest BCUT2D eigenvalue weighted by molar-refractivity contribution is 5.93. The Bertz CT molecular complexity index is 774. The molecule has 4 nitrogen and oxygen atoms in total. The Morgan fingerprint density at radius 1 is 1.12 bits per heavy atom. The van der Waals surface area contributed by atoms with Crippen LogP contribution in [0.1, 0.15) is 30.0 Å². The number of aryl methyl sites for hydroxylation is 2. The van der Waals surface area contributed by atoms with Crippen molar-refractivity contribution in [3.05, 3.63) is 65.0 Å². The molecule has 0 fully saturated rings. The number of carbonyl (C=O) groups excluding carboxylic acids is 2. The number of amides is 2. The third kappa shape index (κ3) is 5.14. The van der Waals surface area contributed by atoms with Gasteiger partial charge in [0.25, 0.3) is 0 Å². The maximum absolute atomic E-state index is 13.6. The minimum Gasteiger partial charge on any atom is -0.352 e. The molecule has 0 aliphatic rings. The van der Waals surface area contributed by atoms with E-state index in [0.717, 1.165) is 16.8 Å². The van der Waals surface area contributed by atoms with E-state index in [1.54, 1.807) is 23.1 Å². The lowest BCUT2D eigenvalue weighted by Crippen LogP contribution is -2.34. The van der Waals surface area contributed by atoms with E-state index in [1.807, 2.05) is 32.0 Å². The largest absolute Gasteiger partial charge is 0.352 e. The lowest BCUT2D eigenvalue weighted by atomic mass is 10.1. The second-order valence-corrected chi connectivity index (χ2v) is 6.08. The Hall–Kier alpha value is -2.69. The SMILES string of the molecule is CC(=O)N(CCC(=O)NCc1ccccc1F)c1ccc(C)cc1C. The number of hydrogen-bond acceptors (Lipinski definition) is 2. The van der Waals surface area contributed by atoms with Crippen molar-refractivity contribution < 1.29 is 14.0 Å². The van der Waals surface area contributed by atoms with Crippen molar-refractivity contribution in [2.24, 2.45) is 0 Å². The van der Waals surface area contributed by atoms with E-state index in [2.05, 4.69) is 5.32 Å². The molecule has 2 amide bonds. The molecule has 0 heterocycles. The van der Waals surface area contributed by atoms with Gasteiger partial charge in [0.2, 0.25) is 11.8 Å². The molecule has 0 unspecified atom stereocenters. The first-order valence-corrected chi connectivity index (χ1v) is 8.24. The summed E-state index contributed by atoms with van der Waals surface area (Å²) in [4.78, 5) is 25.6. The third-order valence-corrected chi connectivity index (χ3v) is 4.02. The number of carbonyl (C=O) groups is 2. The first-order valence-electron chi connectivity index (χ1n) is 8.24. The van der Waals surface area contributed by atoms with Crippen molar-refractivity contribution in [3.63, 3.8) is 0 Å². The topological polar surface area (TPSA) is 49.4 Å². The molecule has 0 saturated heterocycles. The summed E-state index contributed by atoms with van der Waals surface area (Å²) in [6.07, 6.45) is 0.154. The van der Waals surface area contributed by atoms with Crippen LogP contribution in [0, 0.1) is 19.7 Å². The van der Waals surface area contributed by atoms with Crippen LogP contribution in [0.25, 0.3) is 0 Å². The standard InChI is InChI=1S/C20H23FN2O2/c1-14-8-9-19(15(2)12-14)23(16(3)24)11-10-20(25)22-13-17-6-4-5-7-18(17)21/h4-9,12H,10-11,13H2,1-3H3,(H,22,25). The van der Waals surface area contributed by atoms with Crippen molar-refractivity contribution in [1.82, 2.24) is 5.32 Å². The number of nitrogens with one attached hydrogen (secondary N) is 1. The highest BCUT2D eigenvalue weighted by Crippen LogP contribution is 2.21. The molecule has 0 aromatic heterocycles. The lowest BCUT2D eigenvalue weighted by molar-refractivity contribution is -0.121. The van der Waals surface area contributed by atoms with Gasteiger partial charge in [-0.3, -0.25) is 9.59 Å². The van der Waals surface area contributed by atoms with Crippen LogP contribution in [0.5, 0.6) is 0 Å². The zero-order chi connectivity index (χ0) is 18.4. The van der Waals surface area contributed by atoms with E-state index in [4.69, 9.17) is 0 Å². The fourth-order valence-electron chi connectivity index (χ4n) is 2.69. The molecule has 2 aromatic rings. The highest BCUT2D eigenvalue weighted by Gasteiger charge is 2.15. The van der Waals surface area contributed by atoms with Crippen LogP contribution >= 0.6 is 0 Å². The zero-order valence-electron chi connectivity index (χ0n) is 14.8. The second-order valence-electron chi connectivity index (χ2n) is 6.08. The molecule has 0 saturated carbocycles. The molecule has 1 N–H and O–H groups in total. The molecular formula is C20H23FN2O2. The van der Waals surface area contributed by atoms with Gasteiger partial charge in [0.1, 0.15) is 5.82 Å². The van der Waals surface area contributed by atoms with E-state index in [0.29, 0.717) is 5.56 Å². The van der Waals surface area contributed by atoms with Gasteiger partial charge in [0.15, 0.2) is 0 Å². The molecule has 2 aromatic carbocycles. The van der Waals surface area contributed by atoms with Gasteiger partial charge >= 0.3 is 0 Å². The molecule has 5 heteroatoms. The average molecular weight is 342 g/mol. The van der Waals surface area contributed by atoms with Gasteiger partial charge in [0.05, 0.1) is 0 Å². The summed E-state index contributed by atoms with van der Waals surface area (Å²) in [5.41, 5.74) is 3.35. The number of nitrogens with zero attached hydrogens (tertiary/aromatic N) is 1. The zero-order valence-corrected chi connectivity index (χ0v) is 14.8. The highest BCUT2D eigenvalue weighted by atomic mass is 19.1. The monoisotopic (exact) mass is 342 g/mol. The van der Waals surface area contributed by atoms with E-state index in [1.165, 1.54) is 13.0 Å². The summed E-state index contributed by atoms with van der Waals surface area (Å²) >= 11 is 0. The Morgan fingerprint density at radius 3 is 2.48 bits per heavy atom. The van der Waals surface area contributed by atoms with Crippen LogP contribution in [0.2, 0.25) is 0 Å². The molecule has 132 valence electrons. The van der Waals surface area contributed by atoms with Gasteiger partial charge < -0.3 is 10.2 Å². The van der Waals surface area contributed by atoms with Gasteiger partial charge in [-0.15, -0.1) is 0 Å². The summed E-state index contributed by atoms with van der Waals surface area (Å²) in [5.74, 6) is -0.684. The summed E-state index contributed by atoms with van der Waals surface area (Å²) in [5, 5.41) is 2.69. The molecule has 0 spiro atoms. The first kappa shape index (κ1) is 18.6. The smallest absolute Gasteiger partial charge is 0.223 e. The Morgan fingerprint density at radius 2 is 1.84 bits per heavy atom. The molecule has 0 radical (unpaired) electrons. The number of hydrogen-bond donors (Lipinski definition) is 1. The predicted molar refractivity (Wildman–Crippen MR) is 96.8 cm³/mol. The second kappa shape index (κ2) is 8.42. The fourth-order valence-corrected chi connectivity index (χ4v) is 2.69. The van der Waals surface area contributed by atoms with Crippen LogP contribution < -0.4 is 10.2 Å². The van der Waals surface area contributed by atoms with Crippen molar-refractivity contribution in [2.75, 3.05) is 11.4 Å². The van der Waals surface area contributed by atoms with Crippen LogP contribution in [-0.4, -0.2) is 18.4 Å². The van der Waals surface area contributed by atoms with Crippen molar-refractivity contribution in [1.29, 1.82) is 0 Å². The van der Waals surface area contributed by atoms with Crippen molar-refractivity contribution >= 4 is 17.5 Å². The summed E-state index contributed by atoms with van der Waals surface area (Å²) < 4.78 is 13.6. The van der Waals surface area contributed by atoms with Gasteiger partial charge in [-0.1, -0.05) is 35.9 Å². The minimum absolute atomic E-state index is 0.117. The quantitative estimate of drug-likeness (QED) is 0.873. The lowest BCUT2D eigenvalue weighted by Gasteiger charge is -2.23. The molecule has 0 aliphatic carbocycles. The van der Waals surface area contributed by atoms with Gasteiger partial charge in [0, 0.05) is 37.7 Å². The van der Waals surface area contributed by atoms with E-state index in [9.17, 15) is 14.0 Å². The van der Waals surface area contributed by atoms with E-state index < -0.39 is 0 Å². The number of anilines is 1. The Labute approximate surface area is 147 Å². The van der Waals surface area contributed by atoms with Gasteiger partial charge in [-0.2, -0.15) is 0 Å². The Balaban J connectivity index is 1.95. The normalized spacial score (nSPS) is 10.4. The molecule has 0 bridgehead atoms. The minimum atomic E-state index is -0.344. The molecule has 0 aliphatic heterocycles. The molecule has 2 rings (SSSR count). The first-order chi connectivity index (χ1) is 11.9. The van der Waals surface area contributed by atoms with Crippen LogP contribution in [-0.2, 0) is 16.1 Å². The van der Waals surface area contributed by atoms with E-state index >= 15 is 0 Å². The Kier molecular flexibility index (Phi) is 6.28. The third-order valence-electron chi connectivity index (χ3n) is 4.02. The maximum Gasteiger partial charge on any atom is 0.223 e. The van der Waals surface area contributed by atoms with Gasteiger partial charge in [-0.05, 0) is 31.5 Å². The molecular weight excluding hydrogens is 319 g/mol. The van der Waals surface area contributed by atoms with Crippen LogP contribution in [0.15, 0.2) is 42.5 Å². The van der Waals surface area contributed by atoms with E-state index in [-0.39, 0.29) is 37.1 Å². The van der Waals surface area contributed by atoms with Crippen LogP contribution in [0.3, 0.4) is 0 Å². The molecule has 0 atom stereocenters. The predicted octanol–water partition coefficient (Wildman–Crippen LogP) is 3.50. The molecule has 25 heavy (non-hydrogen) atoms. The van der Waals surface area contributed by atoms with Crippen molar-refractivity contribution in [3.8, 4) is 0 Å².